The zero-order chi connectivity index (χ0) is 22.3. The summed E-state index contributed by atoms with van der Waals surface area (Å²) in [6, 6.07) is 9.46. The number of methoxy groups -OCH3 is 1. The maximum Gasteiger partial charge on any atom is 0.305 e. The molecule has 0 spiro atoms. The predicted octanol–water partition coefficient (Wildman–Crippen LogP) is 5.26. The number of benzene rings is 1. The molecular weight excluding hydrogens is 392 g/mol. The van der Waals surface area contributed by atoms with E-state index in [4.69, 9.17) is 4.74 Å². The summed E-state index contributed by atoms with van der Waals surface area (Å²) >= 11 is 0. The highest BCUT2D eigenvalue weighted by atomic mass is 16.5. The number of aliphatic hydroxyl groups is 1. The van der Waals surface area contributed by atoms with Crippen LogP contribution in [0, 0.1) is 11.8 Å². The molecule has 0 aromatic heterocycles. The molecule has 0 heterocycles. The monoisotopic (exact) mass is 430 g/mol. The Labute approximate surface area is 186 Å². The van der Waals surface area contributed by atoms with E-state index in [9.17, 15) is 14.7 Å². The second-order valence-corrected chi connectivity index (χ2v) is 8.44. The lowest BCUT2D eigenvalue weighted by Crippen LogP contribution is -2.17. The fraction of sp³-hybridized carbons (Fsp3) is 0.615. The lowest BCUT2D eigenvalue weighted by atomic mass is 9.89. The molecular formula is C26H38O5. The minimum atomic E-state index is -0.671. The number of allylic oxidation sites excluding steroid dienone is 1. The standard InChI is InChI=1S/C26H38O5/c1-30-26(29)15-11-6-4-2-3-5-10-14-24-21(17-19-25(24)28)16-18-22(27)20-31-23-12-8-7-9-13-23/h7-9,12-13,16,18,21-22,24,27H,2-6,10-11,14-15,17,19-20H2,1H3/b18-16+/t21-,22+,24+/m0/s1. The highest BCUT2D eigenvalue weighted by Gasteiger charge is 2.32. The van der Waals surface area contributed by atoms with Gasteiger partial charge in [0, 0.05) is 18.8 Å². The summed E-state index contributed by atoms with van der Waals surface area (Å²) in [7, 11) is 1.43. The fourth-order valence-corrected chi connectivity index (χ4v) is 4.18. The van der Waals surface area contributed by atoms with Crippen molar-refractivity contribution in [1.29, 1.82) is 0 Å². The van der Waals surface area contributed by atoms with E-state index in [2.05, 4.69) is 4.74 Å². The Morgan fingerprint density at radius 2 is 1.77 bits per heavy atom. The summed E-state index contributed by atoms with van der Waals surface area (Å²) in [6.07, 6.45) is 13.8. The van der Waals surface area contributed by atoms with Crippen molar-refractivity contribution in [2.75, 3.05) is 13.7 Å². The topological polar surface area (TPSA) is 72.8 Å². The van der Waals surface area contributed by atoms with Gasteiger partial charge in [-0.05, 0) is 37.3 Å². The molecule has 1 aromatic carbocycles. The Morgan fingerprint density at radius 1 is 1.10 bits per heavy atom. The number of hydrogen-bond acceptors (Lipinski definition) is 5. The molecule has 1 aromatic rings. The van der Waals surface area contributed by atoms with Crippen LogP contribution in [-0.2, 0) is 14.3 Å². The first kappa shape index (κ1) is 25.1. The average Bonchev–Trinajstić information content (AvgIpc) is 3.14. The highest BCUT2D eigenvalue weighted by molar-refractivity contribution is 5.83. The molecule has 0 bridgehead atoms. The molecule has 0 saturated heterocycles. The smallest absolute Gasteiger partial charge is 0.305 e. The number of hydrogen-bond donors (Lipinski definition) is 1. The zero-order valence-corrected chi connectivity index (χ0v) is 18.8. The second kappa shape index (κ2) is 14.8. The van der Waals surface area contributed by atoms with Crippen LogP contribution in [0.5, 0.6) is 5.75 Å². The van der Waals surface area contributed by atoms with Gasteiger partial charge in [0.1, 0.15) is 24.2 Å². The number of rotatable bonds is 15. The molecule has 0 aliphatic heterocycles. The van der Waals surface area contributed by atoms with Crippen molar-refractivity contribution < 1.29 is 24.2 Å². The number of aliphatic hydroxyl groups excluding tert-OH is 1. The number of para-hydroxylation sites is 1. The molecule has 2 rings (SSSR count). The Balaban J connectivity index is 1.59. The van der Waals surface area contributed by atoms with Gasteiger partial charge in [0.2, 0.25) is 0 Å². The number of carbonyl (C=O) groups excluding carboxylic acids is 2. The number of esters is 1. The number of Topliss-reactive ketones (excluding diaryl/α,β-unsaturated/α-hetero) is 1. The lowest BCUT2D eigenvalue weighted by molar-refractivity contribution is -0.140. The molecule has 1 aliphatic rings. The van der Waals surface area contributed by atoms with Crippen LogP contribution in [0.4, 0.5) is 0 Å². The molecule has 1 saturated carbocycles. The summed E-state index contributed by atoms with van der Waals surface area (Å²) in [5.74, 6) is 1.32. The van der Waals surface area contributed by atoms with Gasteiger partial charge >= 0.3 is 5.97 Å². The van der Waals surface area contributed by atoms with Crippen molar-refractivity contribution >= 4 is 11.8 Å². The van der Waals surface area contributed by atoms with Gasteiger partial charge in [-0.15, -0.1) is 0 Å². The van der Waals surface area contributed by atoms with Gasteiger partial charge in [0.25, 0.3) is 0 Å². The zero-order valence-electron chi connectivity index (χ0n) is 18.8. The fourth-order valence-electron chi connectivity index (χ4n) is 4.18. The van der Waals surface area contributed by atoms with Gasteiger partial charge in [-0.3, -0.25) is 9.59 Å². The third kappa shape index (κ3) is 10.1. The first-order chi connectivity index (χ1) is 15.1. The van der Waals surface area contributed by atoms with Crippen LogP contribution in [0.2, 0.25) is 0 Å². The number of ether oxygens (including phenoxy) is 2. The first-order valence-corrected chi connectivity index (χ1v) is 11.7. The molecule has 1 aliphatic carbocycles. The Bertz CT molecular complexity index is 670. The van der Waals surface area contributed by atoms with E-state index in [-0.39, 0.29) is 24.4 Å². The van der Waals surface area contributed by atoms with Gasteiger partial charge < -0.3 is 14.6 Å². The number of unbranched alkanes of at least 4 members (excludes halogenated alkanes) is 6. The SMILES string of the molecule is COC(=O)CCCCCCCCC[C@H]1C(=O)CC[C@@H]1/C=C/[C@@H](O)COc1ccccc1. The number of carbonyl (C=O) groups is 2. The molecule has 0 radical (unpaired) electrons. The molecule has 172 valence electrons. The molecule has 5 nitrogen and oxygen atoms in total. The van der Waals surface area contributed by atoms with Gasteiger partial charge in [-0.2, -0.15) is 0 Å². The van der Waals surface area contributed by atoms with E-state index in [0.29, 0.717) is 18.6 Å². The summed E-state index contributed by atoms with van der Waals surface area (Å²) in [4.78, 5) is 23.4. The largest absolute Gasteiger partial charge is 0.491 e. The van der Waals surface area contributed by atoms with E-state index < -0.39 is 6.10 Å². The van der Waals surface area contributed by atoms with E-state index >= 15 is 0 Å². The van der Waals surface area contributed by atoms with Crippen molar-refractivity contribution in [3.05, 3.63) is 42.5 Å². The van der Waals surface area contributed by atoms with Crippen molar-refractivity contribution in [3.63, 3.8) is 0 Å². The van der Waals surface area contributed by atoms with Crippen molar-refractivity contribution in [3.8, 4) is 5.75 Å². The van der Waals surface area contributed by atoms with Crippen molar-refractivity contribution in [2.24, 2.45) is 11.8 Å². The Kier molecular flexibility index (Phi) is 12.0. The molecule has 0 unspecified atom stereocenters. The Morgan fingerprint density at radius 3 is 2.48 bits per heavy atom. The van der Waals surface area contributed by atoms with Gasteiger partial charge in [0.05, 0.1) is 7.11 Å². The van der Waals surface area contributed by atoms with Crippen LogP contribution >= 0.6 is 0 Å². The normalized spacial score (nSPS) is 19.6. The average molecular weight is 431 g/mol. The molecule has 5 heteroatoms. The molecule has 1 N–H and O–H groups in total. The van der Waals surface area contributed by atoms with Crippen LogP contribution in [0.3, 0.4) is 0 Å². The Hall–Kier alpha value is -2.14. The minimum Gasteiger partial charge on any atom is -0.491 e. The van der Waals surface area contributed by atoms with Crippen LogP contribution in [0.1, 0.15) is 70.6 Å². The molecule has 31 heavy (non-hydrogen) atoms. The summed E-state index contributed by atoms with van der Waals surface area (Å²) < 4.78 is 10.2. The molecule has 0 amide bonds. The van der Waals surface area contributed by atoms with Crippen molar-refractivity contribution in [1.82, 2.24) is 0 Å². The van der Waals surface area contributed by atoms with Gasteiger partial charge in [-0.25, -0.2) is 0 Å². The predicted molar refractivity (Wildman–Crippen MR) is 122 cm³/mol. The van der Waals surface area contributed by atoms with Crippen molar-refractivity contribution in [2.45, 2.75) is 76.7 Å². The maximum atomic E-state index is 12.3. The van der Waals surface area contributed by atoms with Crippen LogP contribution in [0.15, 0.2) is 42.5 Å². The lowest BCUT2D eigenvalue weighted by Gasteiger charge is -2.16. The van der Waals surface area contributed by atoms with Gasteiger partial charge in [0.15, 0.2) is 0 Å². The van der Waals surface area contributed by atoms with E-state index in [1.165, 1.54) is 20.0 Å². The van der Waals surface area contributed by atoms with Crippen LogP contribution in [0.25, 0.3) is 0 Å². The van der Waals surface area contributed by atoms with E-state index in [1.807, 2.05) is 36.4 Å². The maximum absolute atomic E-state index is 12.3. The third-order valence-corrected chi connectivity index (χ3v) is 6.02. The van der Waals surface area contributed by atoms with Crippen LogP contribution in [-0.4, -0.2) is 36.7 Å². The summed E-state index contributed by atoms with van der Waals surface area (Å²) in [5.41, 5.74) is 0. The number of ketones is 1. The van der Waals surface area contributed by atoms with E-state index in [0.717, 1.165) is 50.7 Å². The second-order valence-electron chi connectivity index (χ2n) is 8.44. The summed E-state index contributed by atoms with van der Waals surface area (Å²) in [6.45, 7) is 0.214. The summed E-state index contributed by atoms with van der Waals surface area (Å²) in [5, 5.41) is 10.2. The third-order valence-electron chi connectivity index (χ3n) is 6.02. The highest BCUT2D eigenvalue weighted by Crippen LogP contribution is 2.34. The first-order valence-electron chi connectivity index (χ1n) is 11.7. The van der Waals surface area contributed by atoms with E-state index in [1.54, 1.807) is 6.08 Å². The molecule has 1 fully saturated rings. The van der Waals surface area contributed by atoms with Crippen LogP contribution < -0.4 is 4.74 Å². The quantitative estimate of drug-likeness (QED) is 0.233. The van der Waals surface area contributed by atoms with Gasteiger partial charge in [-0.1, -0.05) is 68.9 Å². The molecule has 3 atom stereocenters. The minimum absolute atomic E-state index is 0.0959.